The van der Waals surface area contributed by atoms with Crippen LogP contribution < -0.4 is 5.32 Å². The summed E-state index contributed by atoms with van der Waals surface area (Å²) in [6.07, 6.45) is 1.96. The fourth-order valence-corrected chi connectivity index (χ4v) is 3.13. The van der Waals surface area contributed by atoms with Crippen molar-refractivity contribution >= 4 is 35.1 Å². The maximum absolute atomic E-state index is 12.2. The number of thioether (sulfide) groups is 1. The van der Waals surface area contributed by atoms with Gasteiger partial charge in [-0.25, -0.2) is 4.79 Å². The molecule has 0 aromatic heterocycles. The fraction of sp³-hybridized carbons (Fsp3) is 0.500. The van der Waals surface area contributed by atoms with Gasteiger partial charge in [0.05, 0.1) is 11.6 Å². The summed E-state index contributed by atoms with van der Waals surface area (Å²) >= 11 is 7.71. The number of carbonyl (C=O) groups is 1. The van der Waals surface area contributed by atoms with Crippen molar-refractivity contribution in [2.24, 2.45) is 0 Å². The number of β-amino-alcohol motifs (C(OH)–C–C–N with tert-alkyl or cyclic N) is 1. The second kappa shape index (κ2) is 7.89. The Labute approximate surface area is 134 Å². The molecular weight excluding hydrogens is 310 g/mol. The van der Waals surface area contributed by atoms with Crippen molar-refractivity contribution in [3.63, 3.8) is 0 Å². The van der Waals surface area contributed by atoms with Gasteiger partial charge in [-0.2, -0.15) is 0 Å². The Morgan fingerprint density at radius 2 is 2.10 bits per heavy atom. The molecule has 1 aromatic rings. The number of halogens is 1. The summed E-state index contributed by atoms with van der Waals surface area (Å²) in [6, 6.07) is 5.43. The van der Waals surface area contributed by atoms with E-state index in [0.29, 0.717) is 30.3 Å². The lowest BCUT2D eigenvalue weighted by Gasteiger charge is -2.34. The average Bonchev–Trinajstić information content (AvgIpc) is 2.48. The van der Waals surface area contributed by atoms with Gasteiger partial charge in [0.1, 0.15) is 0 Å². The van der Waals surface area contributed by atoms with Crippen molar-refractivity contribution in [1.82, 2.24) is 9.80 Å². The van der Waals surface area contributed by atoms with E-state index in [2.05, 4.69) is 10.2 Å². The molecule has 1 aliphatic rings. The van der Waals surface area contributed by atoms with Crippen LogP contribution in [-0.4, -0.2) is 66.5 Å². The molecule has 21 heavy (non-hydrogen) atoms. The van der Waals surface area contributed by atoms with Crippen molar-refractivity contribution in [3.8, 4) is 0 Å². The molecule has 0 bridgehead atoms. The van der Waals surface area contributed by atoms with Gasteiger partial charge in [-0.15, -0.1) is 11.8 Å². The molecular formula is C14H20ClN3O2S. The van der Waals surface area contributed by atoms with Crippen molar-refractivity contribution in [2.45, 2.75) is 4.90 Å². The van der Waals surface area contributed by atoms with Gasteiger partial charge >= 0.3 is 6.03 Å². The molecule has 1 aromatic carbocycles. The first-order valence-corrected chi connectivity index (χ1v) is 8.47. The highest BCUT2D eigenvalue weighted by Crippen LogP contribution is 2.28. The van der Waals surface area contributed by atoms with Crippen LogP contribution in [0.25, 0.3) is 0 Å². The number of hydrogen-bond acceptors (Lipinski definition) is 4. The molecule has 5 nitrogen and oxygen atoms in total. The molecule has 2 rings (SSSR count). The summed E-state index contributed by atoms with van der Waals surface area (Å²) in [4.78, 5) is 17.1. The molecule has 0 aliphatic carbocycles. The van der Waals surface area contributed by atoms with E-state index >= 15 is 0 Å². The number of aliphatic hydroxyl groups is 1. The number of aliphatic hydroxyl groups excluding tert-OH is 1. The molecule has 1 fully saturated rings. The molecule has 0 radical (unpaired) electrons. The largest absolute Gasteiger partial charge is 0.395 e. The van der Waals surface area contributed by atoms with Gasteiger partial charge in [0.2, 0.25) is 0 Å². The fourth-order valence-electron chi connectivity index (χ4n) is 2.26. The van der Waals surface area contributed by atoms with E-state index in [9.17, 15) is 4.79 Å². The first kappa shape index (κ1) is 16.4. The number of anilines is 1. The van der Waals surface area contributed by atoms with Crippen LogP contribution in [0.1, 0.15) is 0 Å². The summed E-state index contributed by atoms with van der Waals surface area (Å²) in [5.74, 6) is 0. The van der Waals surface area contributed by atoms with Gasteiger partial charge in [0.15, 0.2) is 0 Å². The van der Waals surface area contributed by atoms with Crippen LogP contribution in [0, 0.1) is 0 Å². The predicted octanol–water partition coefficient (Wildman–Crippen LogP) is 2.20. The Bertz CT molecular complexity index is 493. The molecule has 2 N–H and O–H groups in total. The van der Waals surface area contributed by atoms with Crippen molar-refractivity contribution in [1.29, 1.82) is 0 Å². The van der Waals surface area contributed by atoms with Crippen molar-refractivity contribution < 1.29 is 9.90 Å². The first-order valence-electron chi connectivity index (χ1n) is 6.86. The van der Waals surface area contributed by atoms with Gasteiger partial charge < -0.3 is 15.3 Å². The van der Waals surface area contributed by atoms with Gasteiger partial charge in [-0.3, -0.25) is 4.90 Å². The number of amides is 2. The third-order valence-corrected chi connectivity index (χ3v) is 4.70. The van der Waals surface area contributed by atoms with Gasteiger partial charge in [0.25, 0.3) is 0 Å². The molecule has 116 valence electrons. The molecule has 1 saturated heterocycles. The Hall–Kier alpha value is -0.950. The highest BCUT2D eigenvalue weighted by Gasteiger charge is 2.20. The van der Waals surface area contributed by atoms with Crippen LogP contribution >= 0.6 is 23.4 Å². The van der Waals surface area contributed by atoms with E-state index in [0.717, 1.165) is 18.0 Å². The smallest absolute Gasteiger partial charge is 0.321 e. The Kier molecular flexibility index (Phi) is 6.17. The lowest BCUT2D eigenvalue weighted by Crippen LogP contribution is -2.50. The van der Waals surface area contributed by atoms with Crippen molar-refractivity contribution in [2.75, 3.05) is 50.9 Å². The summed E-state index contributed by atoms with van der Waals surface area (Å²) < 4.78 is 0. The van der Waals surface area contributed by atoms with Crippen LogP contribution in [0.15, 0.2) is 23.1 Å². The highest BCUT2D eigenvalue weighted by atomic mass is 35.5. The zero-order chi connectivity index (χ0) is 15.2. The van der Waals surface area contributed by atoms with E-state index in [-0.39, 0.29) is 12.6 Å². The standard InChI is InChI=1S/C14H20ClN3O2S/c1-21-13-3-2-11(10-12(13)15)16-14(20)18-6-4-17(5-7-18)8-9-19/h2-3,10,19H,4-9H2,1H3,(H,16,20). The molecule has 1 aliphatic heterocycles. The van der Waals surface area contributed by atoms with E-state index in [1.54, 1.807) is 22.7 Å². The number of nitrogens with one attached hydrogen (secondary N) is 1. The number of piperazine rings is 1. The maximum Gasteiger partial charge on any atom is 0.321 e. The maximum atomic E-state index is 12.2. The zero-order valence-electron chi connectivity index (χ0n) is 12.0. The molecule has 0 saturated carbocycles. The lowest BCUT2D eigenvalue weighted by molar-refractivity contribution is 0.127. The minimum atomic E-state index is -0.105. The van der Waals surface area contributed by atoms with E-state index < -0.39 is 0 Å². The van der Waals surface area contributed by atoms with Gasteiger partial charge in [0, 0.05) is 43.3 Å². The number of carbonyl (C=O) groups excluding carboxylic acids is 1. The third-order valence-electron chi connectivity index (χ3n) is 3.48. The van der Waals surface area contributed by atoms with Crippen LogP contribution in [0.3, 0.4) is 0 Å². The van der Waals surface area contributed by atoms with Crippen LogP contribution in [0.5, 0.6) is 0 Å². The van der Waals surface area contributed by atoms with Crippen LogP contribution in [-0.2, 0) is 0 Å². The second-order valence-electron chi connectivity index (χ2n) is 4.83. The topological polar surface area (TPSA) is 55.8 Å². The summed E-state index contributed by atoms with van der Waals surface area (Å²) in [7, 11) is 0. The molecule has 7 heteroatoms. The van der Waals surface area contributed by atoms with Crippen LogP contribution in [0.4, 0.5) is 10.5 Å². The minimum absolute atomic E-state index is 0.105. The predicted molar refractivity (Wildman–Crippen MR) is 87.4 cm³/mol. The molecule has 2 amide bonds. The van der Waals surface area contributed by atoms with E-state index in [1.807, 2.05) is 18.4 Å². The Balaban J connectivity index is 1.89. The summed E-state index contributed by atoms with van der Waals surface area (Å²) in [6.45, 7) is 3.75. The molecule has 0 atom stereocenters. The molecule has 1 heterocycles. The number of nitrogens with zero attached hydrogens (tertiary/aromatic N) is 2. The average molecular weight is 330 g/mol. The van der Waals surface area contributed by atoms with Gasteiger partial charge in [-0.05, 0) is 24.5 Å². The van der Waals surface area contributed by atoms with E-state index in [1.165, 1.54) is 0 Å². The highest BCUT2D eigenvalue weighted by molar-refractivity contribution is 7.98. The monoisotopic (exact) mass is 329 g/mol. The van der Waals surface area contributed by atoms with Crippen LogP contribution in [0.2, 0.25) is 5.02 Å². The lowest BCUT2D eigenvalue weighted by atomic mass is 10.3. The molecule has 0 unspecified atom stereocenters. The number of rotatable bonds is 4. The second-order valence-corrected chi connectivity index (χ2v) is 6.09. The normalized spacial score (nSPS) is 16.0. The van der Waals surface area contributed by atoms with Crippen molar-refractivity contribution in [3.05, 3.63) is 23.2 Å². The summed E-state index contributed by atoms with van der Waals surface area (Å²) in [5.41, 5.74) is 0.709. The number of urea groups is 1. The quantitative estimate of drug-likeness (QED) is 0.832. The number of hydrogen-bond donors (Lipinski definition) is 2. The minimum Gasteiger partial charge on any atom is -0.395 e. The SMILES string of the molecule is CSc1ccc(NC(=O)N2CCN(CCO)CC2)cc1Cl. The van der Waals surface area contributed by atoms with E-state index in [4.69, 9.17) is 16.7 Å². The third kappa shape index (κ3) is 4.51. The zero-order valence-corrected chi connectivity index (χ0v) is 13.6. The number of benzene rings is 1. The van der Waals surface area contributed by atoms with Gasteiger partial charge in [-0.1, -0.05) is 11.6 Å². The Morgan fingerprint density at radius 3 is 2.67 bits per heavy atom. The Morgan fingerprint density at radius 1 is 1.38 bits per heavy atom. The first-order chi connectivity index (χ1) is 10.1. The molecule has 0 spiro atoms. The summed E-state index contributed by atoms with van der Waals surface area (Å²) in [5, 5.41) is 12.4.